The van der Waals surface area contributed by atoms with Gasteiger partial charge in [-0.05, 0) is 25.3 Å². The minimum absolute atomic E-state index is 0.557. The van der Waals surface area contributed by atoms with Gasteiger partial charge in [-0.25, -0.2) is 4.98 Å². The fraction of sp³-hybridized carbons (Fsp3) is 0.688. The van der Waals surface area contributed by atoms with Crippen LogP contribution in [-0.2, 0) is 0 Å². The van der Waals surface area contributed by atoms with Crippen molar-refractivity contribution in [1.82, 2.24) is 4.98 Å². The molecule has 1 heterocycles. The molecular weight excluding hydrogens is 305 g/mol. The first kappa shape index (κ1) is 18.4. The number of anilines is 2. The monoisotopic (exact) mass is 331 g/mol. The van der Waals surface area contributed by atoms with Crippen molar-refractivity contribution >= 4 is 34.8 Å². The van der Waals surface area contributed by atoms with Gasteiger partial charge in [0.2, 0.25) is 0 Å². The maximum atomic E-state index is 6.16. The highest BCUT2D eigenvalue weighted by Crippen LogP contribution is 2.29. The number of nitrogens with one attached hydrogen (secondary N) is 2. The van der Waals surface area contributed by atoms with E-state index in [0.717, 1.165) is 25.4 Å². The van der Waals surface area contributed by atoms with E-state index in [9.17, 15) is 0 Å². The number of unbranched alkanes of at least 4 members (excludes halogenated alkanes) is 3. The van der Waals surface area contributed by atoms with Gasteiger partial charge in [0, 0.05) is 13.1 Å². The van der Waals surface area contributed by atoms with Gasteiger partial charge in [0.1, 0.15) is 11.6 Å². The molecule has 0 aliphatic heterocycles. The number of aromatic nitrogens is 1. The van der Waals surface area contributed by atoms with Crippen LogP contribution in [0.1, 0.15) is 52.9 Å². The van der Waals surface area contributed by atoms with Gasteiger partial charge in [-0.15, -0.1) is 0 Å². The van der Waals surface area contributed by atoms with Crippen LogP contribution in [0.25, 0.3) is 0 Å². The van der Waals surface area contributed by atoms with Crippen LogP contribution < -0.4 is 10.6 Å². The molecule has 3 nitrogen and oxygen atoms in total. The molecule has 0 amide bonds. The van der Waals surface area contributed by atoms with Crippen molar-refractivity contribution in [3.63, 3.8) is 0 Å². The summed E-state index contributed by atoms with van der Waals surface area (Å²) in [5.74, 6) is 2.20. The zero-order valence-electron chi connectivity index (χ0n) is 13.3. The predicted octanol–water partition coefficient (Wildman–Crippen LogP) is 5.84. The van der Waals surface area contributed by atoms with E-state index >= 15 is 0 Å². The number of halogens is 2. The Morgan fingerprint density at radius 3 is 2.24 bits per heavy atom. The van der Waals surface area contributed by atoms with E-state index < -0.39 is 0 Å². The third kappa shape index (κ3) is 7.23. The van der Waals surface area contributed by atoms with Crippen molar-refractivity contribution in [2.24, 2.45) is 5.92 Å². The lowest BCUT2D eigenvalue weighted by Crippen LogP contribution is -2.07. The number of nitrogens with zero attached hydrogens (tertiary/aromatic N) is 1. The van der Waals surface area contributed by atoms with Crippen LogP contribution >= 0.6 is 23.2 Å². The minimum Gasteiger partial charge on any atom is -0.369 e. The van der Waals surface area contributed by atoms with Crippen LogP contribution in [0.2, 0.25) is 10.0 Å². The van der Waals surface area contributed by atoms with Crippen LogP contribution in [0.15, 0.2) is 6.07 Å². The van der Waals surface area contributed by atoms with Gasteiger partial charge in [0.25, 0.3) is 0 Å². The molecular formula is C16H27Cl2N3. The van der Waals surface area contributed by atoms with Crippen LogP contribution in [0.4, 0.5) is 11.6 Å². The van der Waals surface area contributed by atoms with E-state index in [1.54, 1.807) is 6.07 Å². The number of rotatable bonds is 10. The standard InChI is InChI=1S/C16H27Cl2N3/c1-4-19-15-13(17)11-14(18)16(21-15)20-10-8-6-5-7-9-12(2)3/h11-12H,4-10H2,1-3H3,(H2,19,20,21). The lowest BCUT2D eigenvalue weighted by Gasteiger charge is -2.11. The normalized spacial score (nSPS) is 11.0. The van der Waals surface area contributed by atoms with Crippen LogP contribution in [0.3, 0.4) is 0 Å². The molecule has 1 rings (SSSR count). The molecule has 0 spiro atoms. The molecule has 0 radical (unpaired) electrons. The summed E-state index contributed by atoms with van der Waals surface area (Å²) in [4.78, 5) is 4.43. The highest BCUT2D eigenvalue weighted by molar-refractivity contribution is 6.37. The van der Waals surface area contributed by atoms with Gasteiger partial charge in [-0.3, -0.25) is 0 Å². The Morgan fingerprint density at radius 1 is 1.00 bits per heavy atom. The summed E-state index contributed by atoms with van der Waals surface area (Å²) in [5, 5.41) is 7.55. The molecule has 0 unspecified atom stereocenters. The van der Waals surface area contributed by atoms with Crippen molar-refractivity contribution in [2.75, 3.05) is 23.7 Å². The summed E-state index contributed by atoms with van der Waals surface area (Å²) in [6.07, 6.45) is 6.32. The fourth-order valence-corrected chi connectivity index (χ4v) is 2.61. The molecule has 0 aliphatic rings. The molecule has 0 saturated carbocycles. The minimum atomic E-state index is 0.557. The summed E-state index contributed by atoms with van der Waals surface area (Å²) in [5.41, 5.74) is 0. The number of pyridine rings is 1. The Labute approximate surface area is 138 Å². The van der Waals surface area contributed by atoms with Gasteiger partial charge in [-0.2, -0.15) is 0 Å². The van der Waals surface area contributed by atoms with Gasteiger partial charge in [-0.1, -0.05) is 62.7 Å². The first-order valence-electron chi connectivity index (χ1n) is 7.88. The van der Waals surface area contributed by atoms with E-state index in [2.05, 4.69) is 29.5 Å². The maximum absolute atomic E-state index is 6.16. The Bertz CT molecular complexity index is 422. The highest BCUT2D eigenvalue weighted by atomic mass is 35.5. The van der Waals surface area contributed by atoms with Gasteiger partial charge >= 0.3 is 0 Å². The summed E-state index contributed by atoms with van der Waals surface area (Å²) in [6, 6.07) is 1.74. The van der Waals surface area contributed by atoms with Crippen molar-refractivity contribution in [3.8, 4) is 0 Å². The average molecular weight is 332 g/mol. The number of hydrogen-bond donors (Lipinski definition) is 2. The SMILES string of the molecule is CCNc1nc(NCCCCCCC(C)C)c(Cl)cc1Cl. The summed E-state index contributed by atoms with van der Waals surface area (Å²) in [7, 11) is 0. The molecule has 1 aromatic heterocycles. The van der Waals surface area contributed by atoms with Gasteiger partial charge < -0.3 is 10.6 Å². The largest absolute Gasteiger partial charge is 0.369 e. The molecule has 0 aromatic carbocycles. The van der Waals surface area contributed by atoms with Crippen molar-refractivity contribution in [3.05, 3.63) is 16.1 Å². The Balaban J connectivity index is 2.33. The summed E-state index contributed by atoms with van der Waals surface area (Å²) >= 11 is 12.2. The quantitative estimate of drug-likeness (QED) is 0.529. The molecule has 2 N–H and O–H groups in total. The Hall–Kier alpha value is -0.670. The molecule has 21 heavy (non-hydrogen) atoms. The first-order chi connectivity index (χ1) is 10.0. The molecule has 0 aliphatic carbocycles. The van der Waals surface area contributed by atoms with E-state index in [1.165, 1.54) is 25.7 Å². The molecule has 0 atom stereocenters. The summed E-state index contributed by atoms with van der Waals surface area (Å²) < 4.78 is 0. The lowest BCUT2D eigenvalue weighted by molar-refractivity contribution is 0.523. The molecule has 120 valence electrons. The van der Waals surface area contributed by atoms with E-state index in [0.29, 0.717) is 21.7 Å². The second kappa shape index (κ2) is 10.1. The smallest absolute Gasteiger partial charge is 0.147 e. The fourth-order valence-electron chi connectivity index (χ4n) is 2.12. The zero-order chi connectivity index (χ0) is 15.7. The van der Waals surface area contributed by atoms with Crippen LogP contribution in [0, 0.1) is 5.92 Å². The van der Waals surface area contributed by atoms with Gasteiger partial charge in [0.05, 0.1) is 10.0 Å². The second-order valence-electron chi connectivity index (χ2n) is 5.70. The van der Waals surface area contributed by atoms with Crippen molar-refractivity contribution < 1.29 is 0 Å². The summed E-state index contributed by atoms with van der Waals surface area (Å²) in [6.45, 7) is 8.23. The van der Waals surface area contributed by atoms with Crippen molar-refractivity contribution in [1.29, 1.82) is 0 Å². The van der Waals surface area contributed by atoms with E-state index in [4.69, 9.17) is 23.2 Å². The zero-order valence-corrected chi connectivity index (χ0v) is 14.8. The molecule has 0 saturated heterocycles. The first-order valence-corrected chi connectivity index (χ1v) is 8.64. The third-order valence-corrected chi connectivity index (χ3v) is 3.85. The van der Waals surface area contributed by atoms with Gasteiger partial charge in [0.15, 0.2) is 0 Å². The van der Waals surface area contributed by atoms with E-state index in [-0.39, 0.29) is 0 Å². The molecule has 5 heteroatoms. The van der Waals surface area contributed by atoms with E-state index in [1.807, 2.05) is 6.92 Å². The third-order valence-electron chi connectivity index (χ3n) is 3.27. The Kier molecular flexibility index (Phi) is 8.86. The van der Waals surface area contributed by atoms with Crippen LogP contribution in [-0.4, -0.2) is 18.1 Å². The molecule has 1 aromatic rings. The van der Waals surface area contributed by atoms with Crippen LogP contribution in [0.5, 0.6) is 0 Å². The highest BCUT2D eigenvalue weighted by Gasteiger charge is 2.08. The predicted molar refractivity (Wildman–Crippen MR) is 94.8 cm³/mol. The Morgan fingerprint density at radius 2 is 1.62 bits per heavy atom. The number of hydrogen-bond acceptors (Lipinski definition) is 3. The molecule has 0 fully saturated rings. The van der Waals surface area contributed by atoms with Crippen molar-refractivity contribution in [2.45, 2.75) is 52.9 Å². The topological polar surface area (TPSA) is 37.0 Å². The lowest BCUT2D eigenvalue weighted by atomic mass is 10.0. The molecule has 0 bridgehead atoms. The maximum Gasteiger partial charge on any atom is 0.147 e. The second-order valence-corrected chi connectivity index (χ2v) is 6.52. The average Bonchev–Trinajstić information content (AvgIpc) is 2.42.